The lowest BCUT2D eigenvalue weighted by atomic mass is 9.87. The summed E-state index contributed by atoms with van der Waals surface area (Å²) in [7, 11) is 1.32. The van der Waals surface area contributed by atoms with Crippen molar-refractivity contribution in [3.05, 3.63) is 40.5 Å². The molecule has 31 heavy (non-hydrogen) atoms. The van der Waals surface area contributed by atoms with E-state index < -0.39 is 17.8 Å². The number of rotatable bonds is 5. The second kappa shape index (κ2) is 8.37. The van der Waals surface area contributed by atoms with E-state index >= 15 is 0 Å². The predicted molar refractivity (Wildman–Crippen MR) is 123 cm³/mol. The van der Waals surface area contributed by atoms with E-state index in [1.165, 1.54) is 7.11 Å². The van der Waals surface area contributed by atoms with Crippen molar-refractivity contribution in [2.24, 2.45) is 11.8 Å². The third-order valence-corrected chi connectivity index (χ3v) is 7.42. The maximum Gasteiger partial charge on any atom is 0.407 e. The molecule has 1 aromatic carbocycles. The van der Waals surface area contributed by atoms with Crippen molar-refractivity contribution in [1.82, 2.24) is 20.9 Å². The Bertz CT molecular complexity index is 887. The van der Waals surface area contributed by atoms with Gasteiger partial charge in [0, 0.05) is 16.7 Å². The second-order valence-electron chi connectivity index (χ2n) is 9.31. The van der Waals surface area contributed by atoms with Gasteiger partial charge < -0.3 is 25.6 Å². The number of piperidine rings is 1. The molecule has 5 atom stereocenters. The smallest absolute Gasteiger partial charge is 0.407 e. The van der Waals surface area contributed by atoms with Gasteiger partial charge in [-0.2, -0.15) is 0 Å². The Balaban J connectivity index is 1.57. The topological polar surface area (TPSA) is 82.7 Å². The minimum absolute atomic E-state index is 0.0105. The van der Waals surface area contributed by atoms with Crippen LogP contribution in [0.25, 0.3) is 5.70 Å². The maximum atomic E-state index is 13.7. The highest BCUT2D eigenvalue weighted by Gasteiger charge is 2.57. The third-order valence-electron chi connectivity index (χ3n) is 6.89. The Morgan fingerprint density at radius 1 is 1.26 bits per heavy atom. The number of ether oxygens (including phenoxy) is 1. The first-order valence-electron chi connectivity index (χ1n) is 10.9. The van der Waals surface area contributed by atoms with Crippen molar-refractivity contribution in [1.29, 1.82) is 0 Å². The van der Waals surface area contributed by atoms with E-state index in [2.05, 4.69) is 50.9 Å². The molecule has 1 saturated heterocycles. The van der Waals surface area contributed by atoms with Gasteiger partial charge in [0.2, 0.25) is 5.91 Å². The number of amides is 2. The fraction of sp³-hybridized carbons (Fsp3) is 0.565. The molecule has 1 aromatic rings. The quantitative estimate of drug-likeness (QED) is 0.588. The maximum absolute atomic E-state index is 13.7. The first-order chi connectivity index (χ1) is 14.7. The van der Waals surface area contributed by atoms with Crippen molar-refractivity contribution in [2.45, 2.75) is 63.8 Å². The molecule has 0 radical (unpaired) electrons. The lowest BCUT2D eigenvalue weighted by molar-refractivity contribution is -0.141. The van der Waals surface area contributed by atoms with E-state index in [1.807, 2.05) is 37.1 Å². The number of halogens is 1. The Morgan fingerprint density at radius 2 is 1.97 bits per heavy atom. The predicted octanol–water partition coefficient (Wildman–Crippen LogP) is 3.42. The molecule has 3 aliphatic rings. The zero-order valence-electron chi connectivity index (χ0n) is 18.4. The molecule has 2 bridgehead atoms. The van der Waals surface area contributed by atoms with Gasteiger partial charge in [-0.15, -0.1) is 0 Å². The summed E-state index contributed by atoms with van der Waals surface area (Å²) < 4.78 is 5.80. The molecule has 0 aromatic heterocycles. The molecule has 0 spiro atoms. The highest BCUT2D eigenvalue weighted by Crippen LogP contribution is 2.47. The Kier molecular flexibility index (Phi) is 5.94. The zero-order chi connectivity index (χ0) is 22.3. The van der Waals surface area contributed by atoms with Crippen LogP contribution in [0.5, 0.6) is 0 Å². The standard InChI is InChI=1S/C23H31BrN4O3/c1-13(2)19(26-22(30)31-4)21(29)28-17-10-7-15(11-17)20(28)23(3)25-12-18(27-23)14-5-8-16(24)9-6-14/h5-6,8-9,12-13,15,17,19-20,25,27H,7,10-11H2,1-4H3,(H,26,30)/t15?,17?,19-,20-,23+/m0/s1. The van der Waals surface area contributed by atoms with Gasteiger partial charge in [-0.3, -0.25) is 4.79 Å². The van der Waals surface area contributed by atoms with Crippen LogP contribution >= 0.6 is 15.9 Å². The number of hydrogen-bond acceptors (Lipinski definition) is 5. The molecule has 3 N–H and O–H groups in total. The molecule has 2 unspecified atom stereocenters. The van der Waals surface area contributed by atoms with Gasteiger partial charge >= 0.3 is 6.09 Å². The van der Waals surface area contributed by atoms with E-state index in [0.29, 0.717) is 5.92 Å². The van der Waals surface area contributed by atoms with Crippen LogP contribution in [0.3, 0.4) is 0 Å². The van der Waals surface area contributed by atoms with Crippen molar-refractivity contribution in [3.63, 3.8) is 0 Å². The highest BCUT2D eigenvalue weighted by molar-refractivity contribution is 9.10. The van der Waals surface area contributed by atoms with Crippen LogP contribution in [0.4, 0.5) is 4.79 Å². The summed E-state index contributed by atoms with van der Waals surface area (Å²) in [6.45, 7) is 6.02. The lowest BCUT2D eigenvalue weighted by Gasteiger charge is -2.46. The molecular formula is C23H31BrN4O3. The van der Waals surface area contributed by atoms with Crippen LogP contribution in [0.15, 0.2) is 34.9 Å². The molecule has 2 fully saturated rings. The van der Waals surface area contributed by atoms with Crippen LogP contribution in [-0.2, 0) is 9.53 Å². The van der Waals surface area contributed by atoms with Crippen LogP contribution in [0, 0.1) is 11.8 Å². The molecule has 1 saturated carbocycles. The summed E-state index contributed by atoms with van der Waals surface area (Å²) in [4.78, 5) is 27.6. The number of hydrogen-bond donors (Lipinski definition) is 3. The first-order valence-corrected chi connectivity index (χ1v) is 11.7. The summed E-state index contributed by atoms with van der Waals surface area (Å²) in [6, 6.07) is 7.76. The molecule has 2 heterocycles. The van der Waals surface area contributed by atoms with E-state index in [4.69, 9.17) is 4.74 Å². The Morgan fingerprint density at radius 3 is 2.61 bits per heavy atom. The number of nitrogens with zero attached hydrogens (tertiary/aromatic N) is 1. The molecule has 7 nitrogen and oxygen atoms in total. The number of carbonyl (C=O) groups excluding carboxylic acids is 2. The molecule has 2 amide bonds. The molecule has 1 aliphatic carbocycles. The SMILES string of the molecule is COC(=O)N[C@H](C(=O)N1C2CCC(C2)[C@H]1[C@]1(C)NC=C(c2ccc(Br)cc2)N1)C(C)C. The van der Waals surface area contributed by atoms with Crippen molar-refractivity contribution in [2.75, 3.05) is 7.11 Å². The lowest BCUT2D eigenvalue weighted by Crippen LogP contribution is -2.67. The monoisotopic (exact) mass is 490 g/mol. The van der Waals surface area contributed by atoms with Crippen molar-refractivity contribution in [3.8, 4) is 0 Å². The summed E-state index contributed by atoms with van der Waals surface area (Å²) >= 11 is 3.48. The largest absolute Gasteiger partial charge is 0.453 e. The highest BCUT2D eigenvalue weighted by atomic mass is 79.9. The van der Waals surface area contributed by atoms with Gasteiger partial charge in [0.05, 0.1) is 18.8 Å². The third kappa shape index (κ3) is 4.02. The number of likely N-dealkylation sites (tertiary alicyclic amines) is 1. The van der Waals surface area contributed by atoms with Gasteiger partial charge in [0.25, 0.3) is 0 Å². The van der Waals surface area contributed by atoms with E-state index in [0.717, 1.165) is 35.0 Å². The molecule has 4 rings (SSSR count). The minimum Gasteiger partial charge on any atom is -0.453 e. The number of alkyl carbamates (subject to hydrolysis) is 1. The second-order valence-corrected chi connectivity index (χ2v) is 10.2. The van der Waals surface area contributed by atoms with Crippen LogP contribution in [0.1, 0.15) is 45.6 Å². The number of fused-ring (bicyclic) bond motifs is 2. The molecule has 8 heteroatoms. The molecule has 168 valence electrons. The van der Waals surface area contributed by atoms with E-state index in [9.17, 15) is 9.59 Å². The van der Waals surface area contributed by atoms with Crippen LogP contribution in [-0.4, -0.2) is 47.8 Å². The zero-order valence-corrected chi connectivity index (χ0v) is 20.0. The molecule has 2 aliphatic heterocycles. The first kappa shape index (κ1) is 22.0. The number of benzene rings is 1. The Hall–Kier alpha value is -2.22. The summed E-state index contributed by atoms with van der Waals surface area (Å²) in [5.41, 5.74) is 1.62. The Labute approximate surface area is 192 Å². The van der Waals surface area contributed by atoms with Crippen LogP contribution < -0.4 is 16.0 Å². The van der Waals surface area contributed by atoms with E-state index in [1.54, 1.807) is 0 Å². The van der Waals surface area contributed by atoms with Crippen LogP contribution in [0.2, 0.25) is 0 Å². The summed E-state index contributed by atoms with van der Waals surface area (Å²) in [5.74, 6) is 0.349. The van der Waals surface area contributed by atoms with Gasteiger partial charge in [0.15, 0.2) is 0 Å². The normalized spacial score (nSPS) is 29.9. The fourth-order valence-electron chi connectivity index (χ4n) is 5.43. The van der Waals surface area contributed by atoms with Crippen molar-refractivity contribution >= 4 is 33.6 Å². The summed E-state index contributed by atoms with van der Waals surface area (Å²) in [6.07, 6.45) is 4.56. The number of nitrogens with one attached hydrogen (secondary N) is 3. The minimum atomic E-state index is -0.613. The van der Waals surface area contributed by atoms with Gasteiger partial charge in [-0.25, -0.2) is 4.79 Å². The average Bonchev–Trinajstić information content (AvgIpc) is 3.46. The number of carbonyl (C=O) groups is 2. The van der Waals surface area contributed by atoms with Crippen molar-refractivity contribution < 1.29 is 14.3 Å². The average molecular weight is 491 g/mol. The number of methoxy groups -OCH3 is 1. The van der Waals surface area contributed by atoms with Gasteiger partial charge in [0.1, 0.15) is 11.7 Å². The summed E-state index contributed by atoms with van der Waals surface area (Å²) in [5, 5.41) is 9.96. The molecular weight excluding hydrogens is 460 g/mol. The van der Waals surface area contributed by atoms with Gasteiger partial charge in [-0.05, 0) is 55.7 Å². The van der Waals surface area contributed by atoms with E-state index in [-0.39, 0.29) is 23.9 Å². The fourth-order valence-corrected chi connectivity index (χ4v) is 5.69. The van der Waals surface area contributed by atoms with Gasteiger partial charge in [-0.1, -0.05) is 41.9 Å².